The Morgan fingerprint density at radius 2 is 1.94 bits per heavy atom. The van der Waals surface area contributed by atoms with Crippen molar-refractivity contribution in [2.24, 2.45) is 0 Å². The number of rotatable bonds is 1. The van der Waals surface area contributed by atoms with Gasteiger partial charge >= 0.3 is 6.18 Å². The number of hydrogen-bond acceptors (Lipinski definition) is 8. The summed E-state index contributed by atoms with van der Waals surface area (Å²) in [4.78, 5) is 29.7. The van der Waals surface area contributed by atoms with Gasteiger partial charge in [-0.05, 0) is 26.0 Å². The average Bonchev–Trinajstić information content (AvgIpc) is 2.84. The minimum Gasteiger partial charge on any atom is -0.491 e. The third-order valence-corrected chi connectivity index (χ3v) is 6.28. The second-order valence-corrected chi connectivity index (χ2v) is 8.79. The molecule has 190 valence electrons. The first-order valence-corrected chi connectivity index (χ1v) is 11.5. The number of benzene rings is 1. The molecule has 5 rings (SSSR count). The quantitative estimate of drug-likeness (QED) is 0.539. The van der Waals surface area contributed by atoms with Crippen LogP contribution in [-0.2, 0) is 15.7 Å². The zero-order valence-electron chi connectivity index (χ0n) is 20.0. The van der Waals surface area contributed by atoms with Crippen molar-refractivity contribution in [2.75, 3.05) is 55.1 Å². The maximum absolute atomic E-state index is 13.8. The van der Waals surface area contributed by atoms with Crippen LogP contribution >= 0.6 is 0 Å². The number of likely N-dealkylation sites (N-methyl/N-ethyl adjacent to an activating group) is 1. The second-order valence-electron chi connectivity index (χ2n) is 8.79. The minimum atomic E-state index is -4.57. The van der Waals surface area contributed by atoms with Gasteiger partial charge in [0, 0.05) is 18.0 Å². The maximum Gasteiger partial charge on any atom is 0.419 e. The van der Waals surface area contributed by atoms with Gasteiger partial charge in [0.2, 0.25) is 5.95 Å². The van der Waals surface area contributed by atoms with Crippen LogP contribution in [0.4, 0.5) is 30.8 Å². The summed E-state index contributed by atoms with van der Waals surface area (Å²) in [6.45, 7) is 4.55. The number of halogens is 3. The number of aromatic nitrogens is 3. The highest BCUT2D eigenvalue weighted by Crippen LogP contribution is 2.41. The van der Waals surface area contributed by atoms with Crippen LogP contribution in [0, 0.1) is 6.92 Å². The van der Waals surface area contributed by atoms with Crippen molar-refractivity contribution in [3.8, 4) is 5.75 Å². The summed E-state index contributed by atoms with van der Waals surface area (Å²) in [5.74, 6) is 0.837. The molecular formula is C24H25F3N6O3. The normalized spacial score (nSPS) is 18.8. The van der Waals surface area contributed by atoms with E-state index in [4.69, 9.17) is 14.5 Å². The summed E-state index contributed by atoms with van der Waals surface area (Å²) >= 11 is 0. The van der Waals surface area contributed by atoms with E-state index >= 15 is 0 Å². The number of para-hydroxylation sites is 1. The zero-order chi connectivity index (χ0) is 25.6. The van der Waals surface area contributed by atoms with E-state index in [1.165, 1.54) is 6.07 Å². The van der Waals surface area contributed by atoms with E-state index in [-0.39, 0.29) is 31.4 Å². The van der Waals surface area contributed by atoms with Crippen molar-refractivity contribution < 1.29 is 27.4 Å². The van der Waals surface area contributed by atoms with Gasteiger partial charge in [0.05, 0.1) is 42.5 Å². The number of ether oxygens (including phenoxy) is 2. The molecule has 9 nitrogen and oxygen atoms in total. The Balaban J connectivity index is 1.66. The SMILES string of the molecule is Cc1nc(N2CCOCC2=O)cc2c3nc(nc12)N(C)CCOc1c(cccc1C(F)(F)F)[C@@H](C)N3. The number of anilines is 3. The molecule has 2 bridgehead atoms. The Kier molecular flexibility index (Phi) is 6.07. The van der Waals surface area contributed by atoms with Crippen LogP contribution in [0.5, 0.6) is 5.75 Å². The standard InChI is InChI=1S/C24H25F3N6O3/c1-13-15-5-4-6-17(24(25,26)27)21(15)36-10-7-32(3)23-30-20-14(2)28-18(11-16(20)22(29-13)31-23)33-8-9-35-12-19(33)34/h4-6,11,13H,7-10,12H2,1-3H3,(H,29,30,31)/t13-/m1/s1. The van der Waals surface area contributed by atoms with Crippen LogP contribution in [0.1, 0.15) is 29.8 Å². The number of fused-ring (bicyclic) bond motifs is 5. The van der Waals surface area contributed by atoms with Crippen LogP contribution in [-0.4, -0.2) is 60.8 Å². The van der Waals surface area contributed by atoms with Gasteiger partial charge < -0.3 is 19.7 Å². The van der Waals surface area contributed by atoms with Crippen molar-refractivity contribution >= 4 is 34.4 Å². The number of alkyl halides is 3. The number of hydrogen-bond donors (Lipinski definition) is 1. The fourth-order valence-electron chi connectivity index (χ4n) is 4.38. The lowest BCUT2D eigenvalue weighted by Crippen LogP contribution is -2.42. The molecule has 4 heterocycles. The summed E-state index contributed by atoms with van der Waals surface area (Å²) in [5.41, 5.74) is 0.708. The van der Waals surface area contributed by atoms with E-state index in [0.717, 1.165) is 6.07 Å². The topological polar surface area (TPSA) is 92.7 Å². The summed E-state index contributed by atoms with van der Waals surface area (Å²) in [6, 6.07) is 5.14. The molecule has 1 N–H and O–H groups in total. The van der Waals surface area contributed by atoms with Crippen LogP contribution in [0.3, 0.4) is 0 Å². The third kappa shape index (κ3) is 4.36. The van der Waals surface area contributed by atoms with E-state index in [0.29, 0.717) is 52.9 Å². The van der Waals surface area contributed by atoms with E-state index in [1.807, 2.05) is 0 Å². The lowest BCUT2D eigenvalue weighted by Gasteiger charge is -2.27. The van der Waals surface area contributed by atoms with Gasteiger partial charge in [-0.15, -0.1) is 0 Å². The van der Waals surface area contributed by atoms with Gasteiger partial charge in [0.25, 0.3) is 5.91 Å². The first-order chi connectivity index (χ1) is 17.1. The summed E-state index contributed by atoms with van der Waals surface area (Å²) in [5, 5.41) is 3.87. The Bertz CT molecular complexity index is 1330. The highest BCUT2D eigenvalue weighted by Gasteiger charge is 2.36. The smallest absolute Gasteiger partial charge is 0.419 e. The van der Waals surface area contributed by atoms with E-state index in [9.17, 15) is 18.0 Å². The van der Waals surface area contributed by atoms with Crippen molar-refractivity contribution in [3.63, 3.8) is 0 Å². The van der Waals surface area contributed by atoms with Gasteiger partial charge in [-0.1, -0.05) is 12.1 Å². The molecule has 36 heavy (non-hydrogen) atoms. The van der Waals surface area contributed by atoms with Crippen LogP contribution < -0.4 is 19.9 Å². The molecule has 12 heteroatoms. The molecule has 1 fully saturated rings. The number of pyridine rings is 1. The van der Waals surface area contributed by atoms with Crippen LogP contribution in [0.2, 0.25) is 0 Å². The molecule has 1 amide bonds. The van der Waals surface area contributed by atoms with Gasteiger partial charge in [0.1, 0.15) is 30.6 Å². The third-order valence-electron chi connectivity index (χ3n) is 6.28. The first kappa shape index (κ1) is 24.0. The van der Waals surface area contributed by atoms with Crippen molar-refractivity contribution in [1.29, 1.82) is 0 Å². The van der Waals surface area contributed by atoms with E-state index in [1.54, 1.807) is 42.8 Å². The first-order valence-electron chi connectivity index (χ1n) is 11.5. The molecule has 1 aromatic carbocycles. The second kappa shape index (κ2) is 9.08. The Morgan fingerprint density at radius 1 is 1.14 bits per heavy atom. The predicted molar refractivity (Wildman–Crippen MR) is 127 cm³/mol. The van der Waals surface area contributed by atoms with Crippen LogP contribution in [0.25, 0.3) is 10.9 Å². The minimum absolute atomic E-state index is 0.00928. The molecule has 0 radical (unpaired) electrons. The van der Waals surface area contributed by atoms with Crippen molar-refractivity contribution in [2.45, 2.75) is 26.1 Å². The molecule has 0 saturated carbocycles. The van der Waals surface area contributed by atoms with Gasteiger partial charge in [-0.3, -0.25) is 9.69 Å². The summed E-state index contributed by atoms with van der Waals surface area (Å²) < 4.78 is 52.3. The lowest BCUT2D eigenvalue weighted by atomic mass is 10.0. The fourth-order valence-corrected chi connectivity index (χ4v) is 4.38. The molecule has 3 aromatic rings. The number of nitrogens with zero attached hydrogens (tertiary/aromatic N) is 5. The molecule has 2 aliphatic heterocycles. The fraction of sp³-hybridized carbons (Fsp3) is 0.417. The molecule has 0 unspecified atom stereocenters. The van der Waals surface area contributed by atoms with E-state index < -0.39 is 17.8 Å². The molecular weight excluding hydrogens is 477 g/mol. The predicted octanol–water partition coefficient (Wildman–Crippen LogP) is 3.72. The average molecular weight is 502 g/mol. The van der Waals surface area contributed by atoms with Gasteiger partial charge in [-0.2, -0.15) is 18.2 Å². The maximum atomic E-state index is 13.8. The van der Waals surface area contributed by atoms with Crippen LogP contribution in [0.15, 0.2) is 24.3 Å². The number of carbonyl (C=O) groups is 1. The molecule has 2 aromatic heterocycles. The highest BCUT2D eigenvalue weighted by atomic mass is 19.4. The number of morpholine rings is 1. The van der Waals surface area contributed by atoms with Gasteiger partial charge in [-0.25, -0.2) is 9.97 Å². The number of carbonyl (C=O) groups excluding carboxylic acids is 1. The molecule has 1 atom stereocenters. The monoisotopic (exact) mass is 502 g/mol. The lowest BCUT2D eigenvalue weighted by molar-refractivity contribution is -0.139. The Labute approximate surface area is 205 Å². The summed E-state index contributed by atoms with van der Waals surface area (Å²) in [7, 11) is 1.75. The Morgan fingerprint density at radius 3 is 2.69 bits per heavy atom. The van der Waals surface area contributed by atoms with Gasteiger partial charge in [0.15, 0.2) is 0 Å². The molecule has 0 aliphatic carbocycles. The highest BCUT2D eigenvalue weighted by molar-refractivity contribution is 5.98. The largest absolute Gasteiger partial charge is 0.491 e. The zero-order valence-corrected chi connectivity index (χ0v) is 20.0. The molecule has 2 aliphatic rings. The molecule has 1 saturated heterocycles. The Hall–Kier alpha value is -3.67. The van der Waals surface area contributed by atoms with Crippen molar-refractivity contribution in [3.05, 3.63) is 41.1 Å². The van der Waals surface area contributed by atoms with Crippen molar-refractivity contribution in [1.82, 2.24) is 15.0 Å². The number of nitrogens with one attached hydrogen (secondary N) is 1. The molecule has 0 spiro atoms. The summed E-state index contributed by atoms with van der Waals surface area (Å²) in [6.07, 6.45) is -4.57. The number of aryl methyl sites for hydroxylation is 1. The van der Waals surface area contributed by atoms with E-state index in [2.05, 4.69) is 15.3 Å². The number of amides is 1.